The molecule has 4 heteroatoms. The molecular weight excluding hydrogens is 178 g/mol. The fourth-order valence-electron chi connectivity index (χ4n) is 1.35. The smallest absolute Gasteiger partial charge is 0.143 e. The van der Waals surface area contributed by atoms with E-state index >= 15 is 0 Å². The first-order valence-electron chi connectivity index (χ1n) is 5.15. The third kappa shape index (κ3) is 5.07. The first-order valence-corrected chi connectivity index (χ1v) is 5.15. The molecule has 0 fully saturated rings. The first kappa shape index (κ1) is 13.2. The van der Waals surface area contributed by atoms with Gasteiger partial charge in [0.05, 0.1) is 0 Å². The molecule has 0 heterocycles. The molecule has 4 N–H and O–H groups in total. The first-order chi connectivity index (χ1) is 6.43. The summed E-state index contributed by atoms with van der Waals surface area (Å²) in [6, 6.07) is 0. The van der Waals surface area contributed by atoms with Crippen LogP contribution in [0.2, 0.25) is 0 Å². The van der Waals surface area contributed by atoms with Crippen molar-refractivity contribution in [2.75, 3.05) is 6.54 Å². The second kappa shape index (κ2) is 5.86. The van der Waals surface area contributed by atoms with Gasteiger partial charge in [0.15, 0.2) is 0 Å². The summed E-state index contributed by atoms with van der Waals surface area (Å²) >= 11 is 0. The molecular formula is C10H23N3O. The lowest BCUT2D eigenvalue weighted by Crippen LogP contribution is -2.43. The minimum Gasteiger partial charge on any atom is -0.409 e. The van der Waals surface area contributed by atoms with E-state index in [1.54, 1.807) is 0 Å². The maximum absolute atomic E-state index is 8.47. The van der Waals surface area contributed by atoms with Crippen LogP contribution in [0.3, 0.4) is 0 Å². The number of oxime groups is 1. The van der Waals surface area contributed by atoms with Crippen LogP contribution in [0.4, 0.5) is 0 Å². The number of nitrogens with two attached hydrogens (primary N) is 1. The third-order valence-electron chi connectivity index (χ3n) is 2.38. The molecule has 0 aromatic carbocycles. The molecule has 0 aliphatic rings. The van der Waals surface area contributed by atoms with Gasteiger partial charge < -0.3 is 16.3 Å². The summed E-state index contributed by atoms with van der Waals surface area (Å²) in [5.74, 6) is 0.348. The van der Waals surface area contributed by atoms with E-state index in [9.17, 15) is 0 Å². The summed E-state index contributed by atoms with van der Waals surface area (Å²) in [5, 5.41) is 14.9. The van der Waals surface area contributed by atoms with Gasteiger partial charge in [-0.1, -0.05) is 25.4 Å². The van der Waals surface area contributed by atoms with Crippen LogP contribution < -0.4 is 11.1 Å². The van der Waals surface area contributed by atoms with Gasteiger partial charge in [0.2, 0.25) is 0 Å². The molecule has 14 heavy (non-hydrogen) atoms. The minimum absolute atomic E-state index is 0.0659. The Labute approximate surface area is 86.6 Å². The Morgan fingerprint density at radius 1 is 1.57 bits per heavy atom. The molecule has 0 saturated carbocycles. The predicted octanol–water partition coefficient (Wildman–Crippen LogP) is 1.54. The molecule has 0 aromatic heterocycles. The molecule has 84 valence electrons. The SMILES string of the molecule is CCCC(C)(C)NCC(C)C(N)=NO. The van der Waals surface area contributed by atoms with Gasteiger partial charge >= 0.3 is 0 Å². The predicted molar refractivity (Wildman–Crippen MR) is 59.6 cm³/mol. The molecule has 1 atom stereocenters. The number of nitrogens with one attached hydrogen (secondary N) is 1. The summed E-state index contributed by atoms with van der Waals surface area (Å²) in [6.45, 7) is 9.16. The van der Waals surface area contributed by atoms with Crippen molar-refractivity contribution < 1.29 is 5.21 Å². The van der Waals surface area contributed by atoms with Crippen LogP contribution in [0.1, 0.15) is 40.5 Å². The maximum atomic E-state index is 8.47. The van der Waals surface area contributed by atoms with Crippen molar-refractivity contribution in [1.82, 2.24) is 5.32 Å². The van der Waals surface area contributed by atoms with Crippen molar-refractivity contribution >= 4 is 5.84 Å². The summed E-state index contributed by atoms with van der Waals surface area (Å²) in [6.07, 6.45) is 2.27. The Bertz CT molecular complexity index is 190. The summed E-state index contributed by atoms with van der Waals surface area (Å²) in [5.41, 5.74) is 5.60. The molecule has 0 aliphatic heterocycles. The Balaban J connectivity index is 3.93. The maximum Gasteiger partial charge on any atom is 0.143 e. The van der Waals surface area contributed by atoms with Crippen molar-refractivity contribution in [3.05, 3.63) is 0 Å². The topological polar surface area (TPSA) is 70.6 Å². The zero-order valence-electron chi connectivity index (χ0n) is 9.67. The molecule has 0 amide bonds. The number of hydrogen-bond acceptors (Lipinski definition) is 3. The van der Waals surface area contributed by atoms with Gasteiger partial charge in [-0.05, 0) is 20.3 Å². The molecule has 0 bridgehead atoms. The number of amidine groups is 1. The molecule has 0 aromatic rings. The van der Waals surface area contributed by atoms with E-state index in [4.69, 9.17) is 10.9 Å². The van der Waals surface area contributed by atoms with E-state index in [1.807, 2.05) is 6.92 Å². The van der Waals surface area contributed by atoms with E-state index in [0.29, 0.717) is 0 Å². The normalized spacial score (nSPS) is 15.6. The molecule has 4 nitrogen and oxygen atoms in total. The average molecular weight is 201 g/mol. The highest BCUT2D eigenvalue weighted by Gasteiger charge is 2.17. The molecule has 0 aliphatic carbocycles. The highest BCUT2D eigenvalue weighted by molar-refractivity contribution is 5.82. The van der Waals surface area contributed by atoms with Crippen molar-refractivity contribution in [3.8, 4) is 0 Å². The van der Waals surface area contributed by atoms with Crippen molar-refractivity contribution in [2.45, 2.75) is 46.1 Å². The standard InChI is InChI=1S/C10H23N3O/c1-5-6-10(3,4)12-7-8(2)9(11)13-14/h8,12,14H,5-7H2,1-4H3,(H2,11,13). The van der Waals surface area contributed by atoms with Crippen LogP contribution >= 0.6 is 0 Å². The molecule has 0 saturated heterocycles. The van der Waals surface area contributed by atoms with Gasteiger partial charge in [-0.25, -0.2) is 0 Å². The van der Waals surface area contributed by atoms with Gasteiger partial charge in [0.25, 0.3) is 0 Å². The van der Waals surface area contributed by atoms with E-state index in [2.05, 4.69) is 31.2 Å². The second-order valence-electron chi connectivity index (χ2n) is 4.44. The Kier molecular flexibility index (Phi) is 5.53. The van der Waals surface area contributed by atoms with Gasteiger partial charge in [-0.2, -0.15) is 0 Å². The minimum atomic E-state index is 0.0659. The molecule has 0 radical (unpaired) electrons. The van der Waals surface area contributed by atoms with Crippen molar-refractivity contribution in [2.24, 2.45) is 16.8 Å². The van der Waals surface area contributed by atoms with Crippen molar-refractivity contribution in [1.29, 1.82) is 0 Å². The van der Waals surface area contributed by atoms with Crippen LogP contribution in [0, 0.1) is 5.92 Å². The monoisotopic (exact) mass is 201 g/mol. The van der Waals surface area contributed by atoms with E-state index in [-0.39, 0.29) is 17.3 Å². The summed E-state index contributed by atoms with van der Waals surface area (Å²) in [4.78, 5) is 0. The van der Waals surface area contributed by atoms with Crippen molar-refractivity contribution in [3.63, 3.8) is 0 Å². The second-order valence-corrected chi connectivity index (χ2v) is 4.44. The van der Waals surface area contributed by atoms with Gasteiger partial charge in [-0.3, -0.25) is 0 Å². The lowest BCUT2D eigenvalue weighted by Gasteiger charge is -2.27. The Morgan fingerprint density at radius 2 is 2.14 bits per heavy atom. The van der Waals surface area contributed by atoms with Crippen LogP contribution in [0.25, 0.3) is 0 Å². The lowest BCUT2D eigenvalue weighted by molar-refractivity contribution is 0.310. The number of rotatable bonds is 6. The summed E-state index contributed by atoms with van der Waals surface area (Å²) in [7, 11) is 0. The van der Waals surface area contributed by atoms with Gasteiger partial charge in [-0.15, -0.1) is 0 Å². The number of nitrogens with zero attached hydrogens (tertiary/aromatic N) is 1. The van der Waals surface area contributed by atoms with Crippen LogP contribution in [-0.2, 0) is 0 Å². The van der Waals surface area contributed by atoms with Crippen LogP contribution in [0.15, 0.2) is 5.16 Å². The van der Waals surface area contributed by atoms with Gasteiger partial charge in [0.1, 0.15) is 5.84 Å². The number of hydrogen-bond donors (Lipinski definition) is 3. The fraction of sp³-hybridized carbons (Fsp3) is 0.900. The molecule has 0 rings (SSSR count). The van der Waals surface area contributed by atoms with Crippen LogP contribution in [-0.4, -0.2) is 23.1 Å². The fourth-order valence-corrected chi connectivity index (χ4v) is 1.35. The average Bonchev–Trinajstić information content (AvgIpc) is 2.13. The third-order valence-corrected chi connectivity index (χ3v) is 2.38. The quantitative estimate of drug-likeness (QED) is 0.264. The molecule has 1 unspecified atom stereocenters. The lowest BCUT2D eigenvalue weighted by atomic mass is 9.98. The zero-order valence-corrected chi connectivity index (χ0v) is 9.67. The van der Waals surface area contributed by atoms with E-state index < -0.39 is 0 Å². The zero-order chi connectivity index (χ0) is 11.2. The molecule has 0 spiro atoms. The highest BCUT2D eigenvalue weighted by Crippen LogP contribution is 2.11. The summed E-state index contributed by atoms with van der Waals surface area (Å²) < 4.78 is 0. The van der Waals surface area contributed by atoms with E-state index in [1.165, 1.54) is 0 Å². The Morgan fingerprint density at radius 3 is 2.57 bits per heavy atom. The van der Waals surface area contributed by atoms with E-state index in [0.717, 1.165) is 19.4 Å². The largest absolute Gasteiger partial charge is 0.409 e. The van der Waals surface area contributed by atoms with Crippen LogP contribution in [0.5, 0.6) is 0 Å². The van der Waals surface area contributed by atoms with Gasteiger partial charge in [0, 0.05) is 18.0 Å². The highest BCUT2D eigenvalue weighted by atomic mass is 16.4. The Hall–Kier alpha value is -0.770.